The van der Waals surface area contributed by atoms with Crippen LogP contribution in [0.2, 0.25) is 0 Å². The van der Waals surface area contributed by atoms with Crippen LogP contribution in [0.1, 0.15) is 12.8 Å². The van der Waals surface area contributed by atoms with E-state index in [1.165, 1.54) is 6.20 Å². The smallest absolute Gasteiger partial charge is 0.223 e. The lowest BCUT2D eigenvalue weighted by Crippen LogP contribution is -2.31. The van der Waals surface area contributed by atoms with E-state index in [-0.39, 0.29) is 11.9 Å². The van der Waals surface area contributed by atoms with Crippen LogP contribution in [0.3, 0.4) is 0 Å². The van der Waals surface area contributed by atoms with Crippen LogP contribution >= 0.6 is 11.8 Å². The molecule has 2 aromatic rings. The first-order valence-electron chi connectivity index (χ1n) is 7.72. The molecule has 8 heteroatoms. The molecule has 0 spiro atoms. The Morgan fingerprint density at radius 3 is 2.88 bits per heavy atom. The molecule has 1 fully saturated rings. The fourth-order valence-corrected chi connectivity index (χ4v) is 3.12. The molecule has 0 bridgehead atoms. The van der Waals surface area contributed by atoms with Gasteiger partial charge in [-0.1, -0.05) is 0 Å². The van der Waals surface area contributed by atoms with Crippen molar-refractivity contribution in [1.82, 2.24) is 14.9 Å². The van der Waals surface area contributed by atoms with Gasteiger partial charge in [-0.05, 0) is 12.7 Å². The molecule has 3 rings (SSSR count). The van der Waals surface area contributed by atoms with E-state index in [0.29, 0.717) is 36.4 Å². The fourth-order valence-electron chi connectivity index (χ4n) is 2.74. The summed E-state index contributed by atoms with van der Waals surface area (Å²) in [6.07, 6.45) is 4.85. The molecule has 2 heterocycles. The van der Waals surface area contributed by atoms with E-state index >= 15 is 0 Å². The van der Waals surface area contributed by atoms with Crippen molar-refractivity contribution in [2.45, 2.75) is 18.9 Å². The zero-order valence-electron chi connectivity index (χ0n) is 13.3. The van der Waals surface area contributed by atoms with Crippen molar-refractivity contribution >= 4 is 34.5 Å². The minimum Gasteiger partial charge on any atom is -0.364 e. The number of nitrogens with one attached hydrogen (secondary N) is 1. The number of hydrogen-bond acceptors (Lipinski definition) is 5. The van der Waals surface area contributed by atoms with Gasteiger partial charge in [-0.15, -0.1) is 0 Å². The Labute approximate surface area is 142 Å². The van der Waals surface area contributed by atoms with Gasteiger partial charge in [0.2, 0.25) is 5.91 Å². The van der Waals surface area contributed by atoms with Crippen LogP contribution in [0, 0.1) is 11.6 Å². The molecule has 1 saturated heterocycles. The summed E-state index contributed by atoms with van der Waals surface area (Å²) in [6.45, 7) is 1.33. The lowest BCUT2D eigenvalue weighted by molar-refractivity contribution is -0.129. The predicted molar refractivity (Wildman–Crippen MR) is 91.1 cm³/mol. The van der Waals surface area contributed by atoms with Crippen molar-refractivity contribution in [3.63, 3.8) is 0 Å². The summed E-state index contributed by atoms with van der Waals surface area (Å²) in [5, 5.41) is 3.22. The van der Waals surface area contributed by atoms with Crippen LogP contribution in [-0.2, 0) is 4.79 Å². The molecule has 1 unspecified atom stereocenters. The van der Waals surface area contributed by atoms with Gasteiger partial charge in [0.05, 0.1) is 17.2 Å². The molecule has 128 valence electrons. The van der Waals surface area contributed by atoms with Crippen molar-refractivity contribution in [2.24, 2.45) is 0 Å². The molecular weight excluding hydrogens is 334 g/mol. The second kappa shape index (κ2) is 7.29. The van der Waals surface area contributed by atoms with Gasteiger partial charge < -0.3 is 10.2 Å². The quantitative estimate of drug-likeness (QED) is 0.897. The van der Waals surface area contributed by atoms with Crippen molar-refractivity contribution in [3.8, 4) is 0 Å². The summed E-state index contributed by atoms with van der Waals surface area (Å²) >= 11 is 1.66. The Bertz CT molecular complexity index is 758. The Morgan fingerprint density at radius 1 is 1.38 bits per heavy atom. The van der Waals surface area contributed by atoms with Crippen molar-refractivity contribution in [2.75, 3.05) is 30.4 Å². The number of amides is 1. The Kier molecular flexibility index (Phi) is 5.13. The Hall–Kier alpha value is -1.96. The molecule has 1 aromatic carbocycles. The third-order valence-electron chi connectivity index (χ3n) is 4.00. The fraction of sp³-hybridized carbons (Fsp3) is 0.438. The number of aromatic nitrogens is 2. The van der Waals surface area contributed by atoms with Crippen LogP contribution in [0.25, 0.3) is 11.0 Å². The number of halogens is 2. The molecule has 1 N–H and O–H groups in total. The van der Waals surface area contributed by atoms with E-state index in [2.05, 4.69) is 15.3 Å². The average molecular weight is 352 g/mol. The number of rotatable bonds is 5. The predicted octanol–water partition coefficient (Wildman–Crippen LogP) is 2.67. The summed E-state index contributed by atoms with van der Waals surface area (Å²) in [4.78, 5) is 22.2. The molecular formula is C16H18F2N4OS. The molecule has 0 saturated carbocycles. The molecule has 1 amide bonds. The molecule has 24 heavy (non-hydrogen) atoms. The number of likely N-dealkylation sites (tertiary alicyclic amines) is 1. The summed E-state index contributed by atoms with van der Waals surface area (Å²) in [7, 11) is 0. The maximum absolute atomic E-state index is 13.3. The van der Waals surface area contributed by atoms with Crippen LogP contribution in [0.4, 0.5) is 14.6 Å². The molecule has 1 aromatic heterocycles. The molecule has 1 aliphatic heterocycles. The van der Waals surface area contributed by atoms with Gasteiger partial charge in [0.1, 0.15) is 5.82 Å². The van der Waals surface area contributed by atoms with E-state index in [1.54, 1.807) is 11.8 Å². The Balaban J connectivity index is 1.65. The van der Waals surface area contributed by atoms with Crippen LogP contribution in [0.5, 0.6) is 0 Å². The monoisotopic (exact) mass is 352 g/mol. The third kappa shape index (κ3) is 3.75. The number of carbonyl (C=O) groups excluding carboxylic acids is 1. The highest BCUT2D eigenvalue weighted by Crippen LogP contribution is 2.19. The molecule has 1 aliphatic rings. The highest BCUT2D eigenvalue weighted by Gasteiger charge is 2.26. The second-order valence-electron chi connectivity index (χ2n) is 5.72. The molecule has 0 aliphatic carbocycles. The zero-order chi connectivity index (χ0) is 17.1. The maximum Gasteiger partial charge on any atom is 0.223 e. The van der Waals surface area contributed by atoms with Crippen LogP contribution in [0.15, 0.2) is 18.3 Å². The topological polar surface area (TPSA) is 58.1 Å². The van der Waals surface area contributed by atoms with Crippen molar-refractivity contribution in [1.29, 1.82) is 0 Å². The minimum atomic E-state index is -0.944. The van der Waals surface area contributed by atoms with Crippen molar-refractivity contribution < 1.29 is 13.6 Å². The van der Waals surface area contributed by atoms with E-state index in [9.17, 15) is 13.6 Å². The standard InChI is InChI=1S/C16H18F2N4OS/c1-24-5-3-16(23)22-4-2-10(9-22)20-15-8-19-13-6-11(17)12(18)7-14(13)21-15/h6-8,10H,2-5,9H2,1H3,(H,20,21). The maximum atomic E-state index is 13.3. The number of hydrogen-bond donors (Lipinski definition) is 1. The lowest BCUT2D eigenvalue weighted by Gasteiger charge is -2.17. The van der Waals surface area contributed by atoms with E-state index in [4.69, 9.17) is 0 Å². The van der Waals surface area contributed by atoms with Crippen molar-refractivity contribution in [3.05, 3.63) is 30.0 Å². The first-order valence-corrected chi connectivity index (χ1v) is 9.11. The number of benzene rings is 1. The number of thioether (sulfide) groups is 1. The largest absolute Gasteiger partial charge is 0.364 e. The number of carbonyl (C=O) groups is 1. The second-order valence-corrected chi connectivity index (χ2v) is 6.71. The summed E-state index contributed by atoms with van der Waals surface area (Å²) in [6, 6.07) is 2.15. The van der Waals surface area contributed by atoms with Crippen LogP contribution in [-0.4, -0.2) is 51.9 Å². The Morgan fingerprint density at radius 2 is 2.12 bits per heavy atom. The summed E-state index contributed by atoms with van der Waals surface area (Å²) < 4.78 is 26.5. The number of nitrogens with zero attached hydrogens (tertiary/aromatic N) is 3. The highest BCUT2D eigenvalue weighted by molar-refractivity contribution is 7.98. The highest BCUT2D eigenvalue weighted by atomic mass is 32.2. The number of fused-ring (bicyclic) bond motifs is 1. The van der Waals surface area contributed by atoms with Crippen LogP contribution < -0.4 is 5.32 Å². The normalized spacial score (nSPS) is 17.5. The average Bonchev–Trinajstić information content (AvgIpc) is 3.02. The van der Waals surface area contributed by atoms with Gasteiger partial charge in [-0.3, -0.25) is 9.78 Å². The van der Waals surface area contributed by atoms with Gasteiger partial charge in [-0.25, -0.2) is 13.8 Å². The summed E-state index contributed by atoms with van der Waals surface area (Å²) in [5.41, 5.74) is 0.601. The zero-order valence-corrected chi connectivity index (χ0v) is 14.1. The van der Waals surface area contributed by atoms with E-state index in [1.807, 2.05) is 11.2 Å². The minimum absolute atomic E-state index is 0.0836. The summed E-state index contributed by atoms with van der Waals surface area (Å²) in [5.74, 6) is -0.396. The van der Waals surface area contributed by atoms with E-state index in [0.717, 1.165) is 24.3 Å². The SMILES string of the molecule is CSCCC(=O)N1CCC(Nc2cnc3cc(F)c(F)cc3n2)C1. The number of anilines is 1. The molecule has 1 atom stereocenters. The molecule has 0 radical (unpaired) electrons. The van der Waals surface area contributed by atoms with Gasteiger partial charge in [-0.2, -0.15) is 11.8 Å². The van der Waals surface area contributed by atoms with Gasteiger partial charge in [0.25, 0.3) is 0 Å². The van der Waals surface area contributed by atoms with Gasteiger partial charge in [0, 0.05) is 43.4 Å². The first-order chi connectivity index (χ1) is 11.6. The van der Waals surface area contributed by atoms with Gasteiger partial charge >= 0.3 is 0 Å². The molecule has 5 nitrogen and oxygen atoms in total. The third-order valence-corrected chi connectivity index (χ3v) is 4.61. The van der Waals surface area contributed by atoms with E-state index < -0.39 is 11.6 Å². The first kappa shape index (κ1) is 16.9. The lowest BCUT2D eigenvalue weighted by atomic mass is 10.2. The van der Waals surface area contributed by atoms with Gasteiger partial charge in [0.15, 0.2) is 11.6 Å².